The molecule has 6 heteroatoms. The lowest BCUT2D eigenvalue weighted by Crippen LogP contribution is -2.23. The van der Waals surface area contributed by atoms with Gasteiger partial charge in [-0.15, -0.1) is 0 Å². The van der Waals surface area contributed by atoms with Crippen molar-refractivity contribution in [2.75, 3.05) is 19.5 Å². The van der Waals surface area contributed by atoms with Gasteiger partial charge in [0.05, 0.1) is 20.3 Å². The molecule has 3 N–H and O–H groups in total. The molecular weight excluding hydrogens is 370 g/mol. The standard InChI is InChI=1S/C18H20BrN3O2/c1-23-16-8-7-13(9-17(16)24-2)21-18(20)22-15-10-14(15)11-3-5-12(19)6-4-11/h3-9,14-15H,10H2,1-2H3,(H3,20,21,22)/t14-,15+/m0/s1. The van der Waals surface area contributed by atoms with Crippen LogP contribution in [0.4, 0.5) is 5.69 Å². The van der Waals surface area contributed by atoms with Crippen LogP contribution in [-0.4, -0.2) is 26.2 Å². The summed E-state index contributed by atoms with van der Waals surface area (Å²) in [6.07, 6.45) is 1.02. The molecule has 126 valence electrons. The maximum Gasteiger partial charge on any atom is 0.193 e. The highest BCUT2D eigenvalue weighted by Crippen LogP contribution is 2.43. The molecule has 1 aliphatic rings. The molecule has 1 fully saturated rings. The van der Waals surface area contributed by atoms with Crippen LogP contribution >= 0.6 is 15.9 Å². The van der Waals surface area contributed by atoms with Gasteiger partial charge in [0.2, 0.25) is 0 Å². The van der Waals surface area contributed by atoms with Gasteiger partial charge in [-0.1, -0.05) is 28.1 Å². The van der Waals surface area contributed by atoms with Crippen molar-refractivity contribution in [2.24, 2.45) is 10.7 Å². The number of anilines is 1. The summed E-state index contributed by atoms with van der Waals surface area (Å²) in [6.45, 7) is 0. The van der Waals surface area contributed by atoms with Crippen LogP contribution in [-0.2, 0) is 0 Å². The zero-order chi connectivity index (χ0) is 17.1. The Labute approximate surface area is 150 Å². The Morgan fingerprint density at radius 2 is 1.83 bits per heavy atom. The van der Waals surface area contributed by atoms with Crippen LogP contribution < -0.4 is 20.5 Å². The number of aliphatic imine (C=N–C) groups is 1. The number of nitrogens with two attached hydrogens (primary N) is 1. The van der Waals surface area contributed by atoms with Crippen molar-refractivity contribution in [3.63, 3.8) is 0 Å². The van der Waals surface area contributed by atoms with E-state index in [2.05, 4.69) is 50.5 Å². The third-order valence-corrected chi connectivity index (χ3v) is 4.54. The molecule has 0 unspecified atom stereocenters. The van der Waals surface area contributed by atoms with Crippen molar-refractivity contribution < 1.29 is 9.47 Å². The first-order chi connectivity index (χ1) is 11.6. The van der Waals surface area contributed by atoms with Crippen LogP contribution in [0.1, 0.15) is 17.9 Å². The summed E-state index contributed by atoms with van der Waals surface area (Å²) in [4.78, 5) is 4.56. The maximum absolute atomic E-state index is 6.03. The van der Waals surface area contributed by atoms with Crippen LogP contribution in [0.2, 0.25) is 0 Å². The van der Waals surface area contributed by atoms with Crippen molar-refractivity contribution in [1.82, 2.24) is 0 Å². The van der Waals surface area contributed by atoms with E-state index in [1.807, 2.05) is 18.2 Å². The molecular formula is C18H20BrN3O2. The number of nitrogens with one attached hydrogen (secondary N) is 1. The lowest BCUT2D eigenvalue weighted by molar-refractivity contribution is 0.355. The third-order valence-electron chi connectivity index (χ3n) is 4.02. The average Bonchev–Trinajstić information content (AvgIpc) is 3.34. The summed E-state index contributed by atoms with van der Waals surface area (Å²) < 4.78 is 11.6. The molecule has 0 saturated heterocycles. The van der Waals surface area contributed by atoms with E-state index in [0.29, 0.717) is 23.4 Å². The first-order valence-corrected chi connectivity index (χ1v) is 8.48. The topological polar surface area (TPSA) is 68.9 Å². The van der Waals surface area contributed by atoms with E-state index in [1.54, 1.807) is 14.2 Å². The highest BCUT2D eigenvalue weighted by atomic mass is 79.9. The quantitative estimate of drug-likeness (QED) is 0.603. The van der Waals surface area contributed by atoms with Crippen LogP contribution in [0.5, 0.6) is 11.5 Å². The number of halogens is 1. The number of hydrogen-bond donors (Lipinski definition) is 2. The number of guanidine groups is 1. The Morgan fingerprint density at radius 1 is 1.12 bits per heavy atom. The summed E-state index contributed by atoms with van der Waals surface area (Å²) in [5.74, 6) is 2.18. The van der Waals surface area contributed by atoms with Crippen LogP contribution in [0.3, 0.4) is 0 Å². The van der Waals surface area contributed by atoms with Gasteiger partial charge in [0, 0.05) is 22.1 Å². The van der Waals surface area contributed by atoms with Crippen LogP contribution in [0.25, 0.3) is 0 Å². The van der Waals surface area contributed by atoms with E-state index in [-0.39, 0.29) is 6.04 Å². The number of ether oxygens (including phenoxy) is 2. The molecule has 0 bridgehead atoms. The van der Waals surface area contributed by atoms with E-state index in [1.165, 1.54) is 5.56 Å². The maximum atomic E-state index is 6.03. The summed E-state index contributed by atoms with van der Waals surface area (Å²) in [5.41, 5.74) is 8.14. The number of nitrogens with zero attached hydrogens (tertiary/aromatic N) is 1. The molecule has 5 nitrogen and oxygen atoms in total. The molecule has 3 rings (SSSR count). The fourth-order valence-corrected chi connectivity index (χ4v) is 2.93. The lowest BCUT2D eigenvalue weighted by atomic mass is 10.1. The molecule has 0 spiro atoms. The predicted molar refractivity (Wildman–Crippen MR) is 100 cm³/mol. The summed E-state index contributed by atoms with van der Waals surface area (Å²) in [6, 6.07) is 14.1. The molecule has 0 radical (unpaired) electrons. The number of hydrogen-bond acceptors (Lipinski definition) is 3. The molecule has 2 aromatic carbocycles. The van der Waals surface area contributed by atoms with Crippen LogP contribution in [0, 0.1) is 0 Å². The molecule has 1 aliphatic carbocycles. The second-order valence-corrected chi connectivity index (χ2v) is 6.59. The van der Waals surface area contributed by atoms with Gasteiger partial charge >= 0.3 is 0 Å². The van der Waals surface area contributed by atoms with Crippen LogP contribution in [0.15, 0.2) is 51.9 Å². The van der Waals surface area contributed by atoms with E-state index in [4.69, 9.17) is 15.2 Å². The largest absolute Gasteiger partial charge is 0.493 e. The highest BCUT2D eigenvalue weighted by Gasteiger charge is 2.38. The summed E-state index contributed by atoms with van der Waals surface area (Å²) in [5, 5.41) is 3.11. The van der Waals surface area contributed by atoms with E-state index >= 15 is 0 Å². The van der Waals surface area contributed by atoms with E-state index < -0.39 is 0 Å². The summed E-state index contributed by atoms with van der Waals surface area (Å²) >= 11 is 3.45. The van der Waals surface area contributed by atoms with Gasteiger partial charge in [-0.3, -0.25) is 0 Å². The lowest BCUT2D eigenvalue weighted by Gasteiger charge is -2.11. The number of benzene rings is 2. The van der Waals surface area contributed by atoms with Crippen molar-refractivity contribution in [2.45, 2.75) is 18.4 Å². The Kier molecular flexibility index (Phi) is 4.94. The summed E-state index contributed by atoms with van der Waals surface area (Å²) in [7, 11) is 3.21. The smallest absolute Gasteiger partial charge is 0.193 e. The van der Waals surface area contributed by atoms with Crippen molar-refractivity contribution in [3.8, 4) is 11.5 Å². The zero-order valence-electron chi connectivity index (χ0n) is 13.6. The zero-order valence-corrected chi connectivity index (χ0v) is 15.2. The minimum atomic E-state index is 0.235. The van der Waals surface area contributed by atoms with Crippen molar-refractivity contribution >= 4 is 27.6 Å². The number of methoxy groups -OCH3 is 2. The molecule has 0 aromatic heterocycles. The van der Waals surface area contributed by atoms with Crippen molar-refractivity contribution in [3.05, 3.63) is 52.5 Å². The van der Waals surface area contributed by atoms with Gasteiger partial charge in [-0.05, 0) is 36.2 Å². The molecule has 1 saturated carbocycles. The fourth-order valence-electron chi connectivity index (χ4n) is 2.67. The molecule has 0 heterocycles. The SMILES string of the molecule is COc1ccc(NC(N)=N[C@@H]2C[C@H]2c2ccc(Br)cc2)cc1OC. The molecule has 2 aromatic rings. The Morgan fingerprint density at radius 3 is 2.50 bits per heavy atom. The highest BCUT2D eigenvalue weighted by molar-refractivity contribution is 9.10. The first kappa shape index (κ1) is 16.6. The van der Waals surface area contributed by atoms with Gasteiger partial charge < -0.3 is 20.5 Å². The van der Waals surface area contributed by atoms with Crippen molar-refractivity contribution in [1.29, 1.82) is 0 Å². The predicted octanol–water partition coefficient (Wildman–Crippen LogP) is 3.75. The number of rotatable bonds is 5. The Bertz CT molecular complexity index is 746. The van der Waals surface area contributed by atoms with E-state index in [0.717, 1.165) is 16.6 Å². The Hall–Kier alpha value is -2.21. The minimum Gasteiger partial charge on any atom is -0.493 e. The molecule has 24 heavy (non-hydrogen) atoms. The minimum absolute atomic E-state index is 0.235. The monoisotopic (exact) mass is 389 g/mol. The van der Waals surface area contributed by atoms with Gasteiger partial charge in [0.15, 0.2) is 17.5 Å². The fraction of sp³-hybridized carbons (Fsp3) is 0.278. The third kappa shape index (κ3) is 3.82. The molecule has 0 amide bonds. The average molecular weight is 390 g/mol. The molecule has 2 atom stereocenters. The first-order valence-electron chi connectivity index (χ1n) is 7.68. The van der Waals surface area contributed by atoms with Gasteiger partial charge in [0.25, 0.3) is 0 Å². The Balaban J connectivity index is 1.64. The van der Waals surface area contributed by atoms with E-state index in [9.17, 15) is 0 Å². The second kappa shape index (κ2) is 7.13. The second-order valence-electron chi connectivity index (χ2n) is 5.67. The van der Waals surface area contributed by atoms with Gasteiger partial charge in [-0.2, -0.15) is 0 Å². The molecule has 0 aliphatic heterocycles. The van der Waals surface area contributed by atoms with Gasteiger partial charge in [0.1, 0.15) is 0 Å². The van der Waals surface area contributed by atoms with Gasteiger partial charge in [-0.25, -0.2) is 4.99 Å². The normalized spacial score (nSPS) is 19.7.